The van der Waals surface area contributed by atoms with Crippen LogP contribution in [0.5, 0.6) is 0 Å². The summed E-state index contributed by atoms with van der Waals surface area (Å²) in [5.74, 6) is 0.591. The Bertz CT molecular complexity index is 99.4. The van der Waals surface area contributed by atoms with Crippen LogP contribution in [0.2, 0.25) is 0 Å². The van der Waals surface area contributed by atoms with Crippen LogP contribution >= 0.6 is 11.6 Å². The van der Waals surface area contributed by atoms with Gasteiger partial charge in [0.1, 0.15) is 6.29 Å². The van der Waals surface area contributed by atoms with Gasteiger partial charge in [0.15, 0.2) is 0 Å². The maximum atomic E-state index is 9.85. The Balaban J connectivity index is 2.89. The standard InChI is InChI=1S/C8H13ClO/c9-7-5-3-1-2-4-6-8-10/h3,5,8H,1-2,4,6-7H2/b5-3+. The molecule has 0 aliphatic heterocycles. The molecule has 0 radical (unpaired) electrons. The number of halogens is 1. The van der Waals surface area contributed by atoms with E-state index < -0.39 is 0 Å². The normalized spacial score (nSPS) is 10.5. The number of hydrogen-bond donors (Lipinski definition) is 0. The first-order valence-electron chi connectivity index (χ1n) is 3.56. The van der Waals surface area contributed by atoms with Crippen molar-refractivity contribution in [3.8, 4) is 0 Å². The van der Waals surface area contributed by atoms with Crippen molar-refractivity contribution in [2.75, 3.05) is 5.88 Å². The molecule has 0 aliphatic rings. The molecule has 0 fully saturated rings. The van der Waals surface area contributed by atoms with E-state index in [9.17, 15) is 4.79 Å². The number of allylic oxidation sites excluding steroid dienone is 2. The number of aldehydes is 1. The van der Waals surface area contributed by atoms with Gasteiger partial charge in [-0.2, -0.15) is 0 Å². The van der Waals surface area contributed by atoms with Gasteiger partial charge in [0, 0.05) is 12.3 Å². The van der Waals surface area contributed by atoms with E-state index >= 15 is 0 Å². The Hall–Kier alpha value is -0.300. The molecule has 1 nitrogen and oxygen atoms in total. The van der Waals surface area contributed by atoms with E-state index in [1.54, 1.807) is 0 Å². The van der Waals surface area contributed by atoms with Gasteiger partial charge in [-0.3, -0.25) is 0 Å². The third-order valence-corrected chi connectivity index (χ3v) is 1.38. The summed E-state index contributed by atoms with van der Waals surface area (Å²) in [6.07, 6.45) is 8.77. The molecule has 0 bridgehead atoms. The zero-order valence-electron chi connectivity index (χ0n) is 6.05. The fraction of sp³-hybridized carbons (Fsp3) is 0.625. The Kier molecular flexibility index (Phi) is 8.44. The van der Waals surface area contributed by atoms with Crippen molar-refractivity contribution in [2.45, 2.75) is 25.7 Å². The lowest BCUT2D eigenvalue weighted by atomic mass is 10.2. The minimum atomic E-state index is 0.591. The molecule has 0 N–H and O–H groups in total. The molecule has 0 heterocycles. The zero-order chi connectivity index (χ0) is 7.66. The maximum Gasteiger partial charge on any atom is 0.119 e. The molecule has 0 atom stereocenters. The number of carbonyl (C=O) groups excluding carboxylic acids is 1. The van der Waals surface area contributed by atoms with Crippen LogP contribution in [0.3, 0.4) is 0 Å². The van der Waals surface area contributed by atoms with E-state index in [0.29, 0.717) is 12.3 Å². The highest BCUT2D eigenvalue weighted by Crippen LogP contribution is 1.98. The summed E-state index contributed by atoms with van der Waals surface area (Å²) < 4.78 is 0. The number of alkyl halides is 1. The molecular formula is C8H13ClO. The Morgan fingerprint density at radius 1 is 1.10 bits per heavy atom. The number of rotatable bonds is 6. The van der Waals surface area contributed by atoms with E-state index in [-0.39, 0.29) is 0 Å². The number of carbonyl (C=O) groups is 1. The Morgan fingerprint density at radius 3 is 2.40 bits per heavy atom. The molecule has 0 amide bonds. The van der Waals surface area contributed by atoms with Crippen LogP contribution in [-0.4, -0.2) is 12.2 Å². The maximum absolute atomic E-state index is 9.85. The largest absolute Gasteiger partial charge is 0.303 e. The third kappa shape index (κ3) is 7.70. The Morgan fingerprint density at radius 2 is 1.80 bits per heavy atom. The van der Waals surface area contributed by atoms with Gasteiger partial charge in [0.05, 0.1) is 0 Å². The summed E-state index contributed by atoms with van der Waals surface area (Å²) in [5, 5.41) is 0. The first-order valence-corrected chi connectivity index (χ1v) is 4.10. The molecule has 58 valence electrons. The second kappa shape index (κ2) is 8.70. The summed E-state index contributed by atoms with van der Waals surface area (Å²) >= 11 is 5.40. The van der Waals surface area contributed by atoms with Crippen LogP contribution in [-0.2, 0) is 4.79 Å². The van der Waals surface area contributed by atoms with Gasteiger partial charge in [-0.25, -0.2) is 0 Å². The molecule has 0 unspecified atom stereocenters. The van der Waals surface area contributed by atoms with E-state index in [1.165, 1.54) is 0 Å². The second-order valence-electron chi connectivity index (χ2n) is 2.08. The van der Waals surface area contributed by atoms with Gasteiger partial charge in [0.25, 0.3) is 0 Å². The molecule has 0 spiro atoms. The highest BCUT2D eigenvalue weighted by atomic mass is 35.5. The molecular weight excluding hydrogens is 148 g/mol. The van der Waals surface area contributed by atoms with Gasteiger partial charge in [0.2, 0.25) is 0 Å². The van der Waals surface area contributed by atoms with Crippen molar-refractivity contribution in [1.29, 1.82) is 0 Å². The van der Waals surface area contributed by atoms with E-state index in [0.717, 1.165) is 25.5 Å². The van der Waals surface area contributed by atoms with Crippen LogP contribution in [0.25, 0.3) is 0 Å². The summed E-state index contributed by atoms with van der Waals surface area (Å²) in [6.45, 7) is 0. The van der Waals surface area contributed by atoms with E-state index in [4.69, 9.17) is 11.6 Å². The zero-order valence-corrected chi connectivity index (χ0v) is 6.81. The first-order chi connectivity index (χ1) is 4.91. The van der Waals surface area contributed by atoms with Gasteiger partial charge in [-0.15, -0.1) is 11.6 Å². The van der Waals surface area contributed by atoms with E-state index in [2.05, 4.69) is 6.08 Å². The third-order valence-electron chi connectivity index (χ3n) is 1.20. The van der Waals surface area contributed by atoms with Crippen molar-refractivity contribution in [2.24, 2.45) is 0 Å². The number of hydrogen-bond acceptors (Lipinski definition) is 1. The van der Waals surface area contributed by atoms with Gasteiger partial charge in [-0.05, 0) is 19.3 Å². The fourth-order valence-electron chi connectivity index (χ4n) is 0.671. The first kappa shape index (κ1) is 9.70. The molecule has 10 heavy (non-hydrogen) atoms. The van der Waals surface area contributed by atoms with Crippen LogP contribution in [0, 0.1) is 0 Å². The van der Waals surface area contributed by atoms with Crippen LogP contribution < -0.4 is 0 Å². The lowest BCUT2D eigenvalue weighted by Crippen LogP contribution is -1.75. The molecule has 0 aromatic carbocycles. The predicted molar refractivity (Wildman–Crippen MR) is 44.4 cm³/mol. The lowest BCUT2D eigenvalue weighted by molar-refractivity contribution is -0.107. The molecule has 2 heteroatoms. The second-order valence-corrected chi connectivity index (χ2v) is 2.39. The van der Waals surface area contributed by atoms with Gasteiger partial charge < -0.3 is 4.79 Å². The SMILES string of the molecule is O=CCCCC/C=C/CCl. The summed E-state index contributed by atoms with van der Waals surface area (Å²) in [7, 11) is 0. The van der Waals surface area contributed by atoms with E-state index in [1.807, 2.05) is 6.08 Å². The summed E-state index contributed by atoms with van der Waals surface area (Å²) in [4.78, 5) is 9.85. The fourth-order valence-corrected chi connectivity index (χ4v) is 0.797. The van der Waals surface area contributed by atoms with Crippen LogP contribution in [0.4, 0.5) is 0 Å². The molecule has 0 aromatic rings. The predicted octanol–water partition coefficient (Wildman–Crippen LogP) is 2.54. The topological polar surface area (TPSA) is 17.1 Å². The molecule has 0 rings (SSSR count). The van der Waals surface area contributed by atoms with Gasteiger partial charge in [-0.1, -0.05) is 12.2 Å². The van der Waals surface area contributed by atoms with Crippen molar-refractivity contribution in [3.63, 3.8) is 0 Å². The highest BCUT2D eigenvalue weighted by molar-refractivity contribution is 6.18. The quantitative estimate of drug-likeness (QED) is 0.253. The minimum Gasteiger partial charge on any atom is -0.303 e. The summed E-state index contributed by atoms with van der Waals surface area (Å²) in [5.41, 5.74) is 0. The van der Waals surface area contributed by atoms with Crippen LogP contribution in [0.1, 0.15) is 25.7 Å². The molecule has 0 saturated carbocycles. The average Bonchev–Trinajstić information content (AvgIpc) is 1.97. The molecule has 0 aromatic heterocycles. The Labute approximate surface area is 67.1 Å². The van der Waals surface area contributed by atoms with Crippen molar-refractivity contribution in [1.82, 2.24) is 0 Å². The van der Waals surface area contributed by atoms with Crippen LogP contribution in [0.15, 0.2) is 12.2 Å². The molecule has 0 saturated heterocycles. The number of unbranched alkanes of at least 4 members (excludes halogenated alkanes) is 3. The summed E-state index contributed by atoms with van der Waals surface area (Å²) in [6, 6.07) is 0. The monoisotopic (exact) mass is 160 g/mol. The van der Waals surface area contributed by atoms with Crippen molar-refractivity contribution >= 4 is 17.9 Å². The van der Waals surface area contributed by atoms with Gasteiger partial charge >= 0.3 is 0 Å². The average molecular weight is 161 g/mol. The minimum absolute atomic E-state index is 0.591. The highest BCUT2D eigenvalue weighted by Gasteiger charge is 1.83. The smallest absolute Gasteiger partial charge is 0.119 e. The van der Waals surface area contributed by atoms with Crippen molar-refractivity contribution < 1.29 is 4.79 Å². The molecule has 0 aliphatic carbocycles. The lowest BCUT2D eigenvalue weighted by Gasteiger charge is -1.89. The van der Waals surface area contributed by atoms with Crippen molar-refractivity contribution in [3.05, 3.63) is 12.2 Å².